The van der Waals surface area contributed by atoms with Crippen molar-refractivity contribution in [3.05, 3.63) is 71.1 Å². The Morgan fingerprint density at radius 2 is 1.85 bits per heavy atom. The highest BCUT2D eigenvalue weighted by atomic mass is 32.2. The highest BCUT2D eigenvalue weighted by molar-refractivity contribution is 7.92. The molecule has 27 heavy (non-hydrogen) atoms. The number of amides is 1. The van der Waals surface area contributed by atoms with Gasteiger partial charge in [0.15, 0.2) is 0 Å². The van der Waals surface area contributed by atoms with Crippen molar-refractivity contribution in [1.29, 1.82) is 0 Å². The summed E-state index contributed by atoms with van der Waals surface area (Å²) in [6.07, 6.45) is 1.16. The third-order valence-electron chi connectivity index (χ3n) is 3.93. The van der Waals surface area contributed by atoms with Gasteiger partial charge in [-0.3, -0.25) is 9.52 Å². The highest BCUT2D eigenvalue weighted by Crippen LogP contribution is 2.30. The van der Waals surface area contributed by atoms with Crippen molar-refractivity contribution in [3.63, 3.8) is 0 Å². The molecular weight excluding hydrogens is 380 g/mol. The molecule has 0 aliphatic heterocycles. The van der Waals surface area contributed by atoms with Crippen LogP contribution in [0, 0.1) is 6.92 Å². The minimum atomic E-state index is -3.41. The smallest absolute Gasteiger partial charge is 0.229 e. The molecule has 0 aliphatic rings. The molecule has 0 spiro atoms. The van der Waals surface area contributed by atoms with Crippen molar-refractivity contribution < 1.29 is 13.2 Å². The molecule has 3 rings (SSSR count). The quantitative estimate of drug-likeness (QED) is 0.649. The third-order valence-corrected chi connectivity index (χ3v) is 5.59. The minimum absolute atomic E-state index is 0.0704. The number of rotatable bonds is 6. The Morgan fingerprint density at radius 3 is 2.56 bits per heavy atom. The van der Waals surface area contributed by atoms with Crippen LogP contribution >= 0.6 is 11.3 Å². The van der Waals surface area contributed by atoms with Crippen molar-refractivity contribution >= 4 is 38.6 Å². The number of hydrogen-bond donors (Lipinski definition) is 2. The molecular formula is C20H20N2O3S2. The van der Waals surface area contributed by atoms with E-state index in [4.69, 9.17) is 0 Å². The number of aryl methyl sites for hydroxylation is 1. The van der Waals surface area contributed by atoms with Crippen LogP contribution in [0.3, 0.4) is 0 Å². The molecule has 0 aliphatic carbocycles. The highest BCUT2D eigenvalue weighted by Gasteiger charge is 2.12. The molecule has 0 radical (unpaired) electrons. The van der Waals surface area contributed by atoms with Gasteiger partial charge in [-0.15, -0.1) is 11.3 Å². The molecule has 140 valence electrons. The summed E-state index contributed by atoms with van der Waals surface area (Å²) < 4.78 is 25.4. The van der Waals surface area contributed by atoms with Crippen LogP contribution in [-0.2, 0) is 21.2 Å². The normalized spacial score (nSPS) is 11.2. The Bertz CT molecular complexity index is 1070. The second-order valence-corrected chi connectivity index (χ2v) is 8.93. The number of para-hydroxylation sites is 1. The summed E-state index contributed by atoms with van der Waals surface area (Å²) in [5, 5.41) is 4.93. The van der Waals surface area contributed by atoms with Crippen molar-refractivity contribution in [2.75, 3.05) is 16.3 Å². The van der Waals surface area contributed by atoms with Crippen LogP contribution in [0.5, 0.6) is 0 Å². The Labute approximate surface area is 163 Å². The zero-order valence-electron chi connectivity index (χ0n) is 15.0. The molecule has 1 amide bonds. The molecule has 0 saturated carbocycles. The van der Waals surface area contributed by atoms with Crippen molar-refractivity contribution in [3.8, 4) is 10.4 Å². The first-order chi connectivity index (χ1) is 12.8. The molecule has 0 fully saturated rings. The van der Waals surface area contributed by atoms with Gasteiger partial charge in [0.25, 0.3) is 0 Å². The van der Waals surface area contributed by atoms with Gasteiger partial charge in [0.1, 0.15) is 0 Å². The number of carbonyl (C=O) groups is 1. The van der Waals surface area contributed by atoms with Gasteiger partial charge in [-0.2, -0.15) is 0 Å². The molecule has 5 nitrogen and oxygen atoms in total. The molecule has 1 heterocycles. The fourth-order valence-corrected chi connectivity index (χ4v) is 4.28. The topological polar surface area (TPSA) is 75.3 Å². The molecule has 0 unspecified atom stereocenters. The summed E-state index contributed by atoms with van der Waals surface area (Å²) in [6, 6.07) is 16.6. The zero-order chi connectivity index (χ0) is 19.4. The average Bonchev–Trinajstić information content (AvgIpc) is 3.01. The maximum absolute atomic E-state index is 12.5. The summed E-state index contributed by atoms with van der Waals surface area (Å²) in [5.41, 5.74) is 3.99. The lowest BCUT2D eigenvalue weighted by molar-refractivity contribution is -0.115. The Balaban J connectivity index is 1.75. The van der Waals surface area contributed by atoms with Crippen molar-refractivity contribution in [2.45, 2.75) is 13.3 Å². The Hall–Kier alpha value is -2.64. The van der Waals surface area contributed by atoms with E-state index in [2.05, 4.69) is 23.0 Å². The van der Waals surface area contributed by atoms with Crippen LogP contribution in [0.15, 0.2) is 60.0 Å². The Morgan fingerprint density at radius 1 is 1.07 bits per heavy atom. The van der Waals surface area contributed by atoms with E-state index in [0.29, 0.717) is 16.9 Å². The van der Waals surface area contributed by atoms with Gasteiger partial charge in [0.2, 0.25) is 15.9 Å². The lowest BCUT2D eigenvalue weighted by Gasteiger charge is -2.11. The number of nitrogens with one attached hydrogen (secondary N) is 2. The van der Waals surface area contributed by atoms with Gasteiger partial charge in [-0.1, -0.05) is 30.3 Å². The monoisotopic (exact) mass is 400 g/mol. The van der Waals surface area contributed by atoms with Crippen LogP contribution < -0.4 is 10.0 Å². The molecule has 7 heteroatoms. The van der Waals surface area contributed by atoms with Crippen LogP contribution in [0.2, 0.25) is 0 Å². The second kappa shape index (κ2) is 7.94. The molecule has 0 bridgehead atoms. The molecule has 1 aromatic heterocycles. The van der Waals surface area contributed by atoms with Crippen molar-refractivity contribution in [2.24, 2.45) is 0 Å². The molecule has 3 aromatic rings. The largest absolute Gasteiger partial charge is 0.326 e. The van der Waals surface area contributed by atoms with Crippen LogP contribution in [0.25, 0.3) is 10.4 Å². The summed E-state index contributed by atoms with van der Waals surface area (Å²) in [5.74, 6) is -0.210. The number of benzene rings is 2. The first-order valence-corrected chi connectivity index (χ1v) is 11.1. The summed E-state index contributed by atoms with van der Waals surface area (Å²) in [4.78, 5) is 13.7. The molecule has 0 atom stereocenters. The van der Waals surface area contributed by atoms with E-state index in [1.165, 1.54) is 10.4 Å². The maximum atomic E-state index is 12.5. The fraction of sp³-hybridized carbons (Fsp3) is 0.150. The lowest BCUT2D eigenvalue weighted by Crippen LogP contribution is -2.17. The van der Waals surface area contributed by atoms with Crippen molar-refractivity contribution in [1.82, 2.24) is 0 Å². The number of carbonyl (C=O) groups excluding carboxylic acids is 1. The van der Waals surface area contributed by atoms with Gasteiger partial charge in [0.05, 0.1) is 18.4 Å². The third kappa shape index (κ3) is 5.18. The van der Waals surface area contributed by atoms with E-state index in [1.807, 2.05) is 29.6 Å². The van der Waals surface area contributed by atoms with E-state index in [1.54, 1.807) is 35.6 Å². The molecule has 2 aromatic carbocycles. The summed E-state index contributed by atoms with van der Waals surface area (Å²) >= 11 is 1.66. The van der Waals surface area contributed by atoms with Gasteiger partial charge in [0, 0.05) is 10.6 Å². The van der Waals surface area contributed by atoms with Gasteiger partial charge in [-0.05, 0) is 53.3 Å². The number of anilines is 2. The van der Waals surface area contributed by atoms with Gasteiger partial charge < -0.3 is 5.32 Å². The predicted octanol–water partition coefficient (Wildman–Crippen LogP) is 4.28. The predicted molar refractivity (Wildman–Crippen MR) is 112 cm³/mol. The summed E-state index contributed by atoms with van der Waals surface area (Å²) in [6.45, 7) is 2.06. The standard InChI is InChI=1S/C20H20N2O3S2/c1-14-10-11-26-20(14)16-7-5-8-17(12-16)21-19(23)13-15-6-3-4-9-18(15)22-27(2,24)25/h3-12,22H,13H2,1-2H3,(H,21,23). The number of hydrogen-bond acceptors (Lipinski definition) is 4. The van der Waals surface area contributed by atoms with Crippen LogP contribution in [0.1, 0.15) is 11.1 Å². The van der Waals surface area contributed by atoms with E-state index in [-0.39, 0.29) is 12.3 Å². The van der Waals surface area contributed by atoms with Crippen LogP contribution in [-0.4, -0.2) is 20.6 Å². The number of sulfonamides is 1. The molecule has 2 N–H and O–H groups in total. The van der Waals surface area contributed by atoms with E-state index in [9.17, 15) is 13.2 Å². The van der Waals surface area contributed by atoms with Gasteiger partial charge >= 0.3 is 0 Å². The van der Waals surface area contributed by atoms with E-state index in [0.717, 1.165) is 11.8 Å². The summed E-state index contributed by atoms with van der Waals surface area (Å²) in [7, 11) is -3.41. The maximum Gasteiger partial charge on any atom is 0.229 e. The first-order valence-electron chi connectivity index (χ1n) is 8.32. The van der Waals surface area contributed by atoms with E-state index >= 15 is 0 Å². The van der Waals surface area contributed by atoms with Crippen LogP contribution in [0.4, 0.5) is 11.4 Å². The molecule has 0 saturated heterocycles. The second-order valence-electron chi connectivity index (χ2n) is 6.27. The lowest BCUT2D eigenvalue weighted by atomic mass is 10.1. The number of thiophene rings is 1. The zero-order valence-corrected chi connectivity index (χ0v) is 16.7. The van der Waals surface area contributed by atoms with E-state index < -0.39 is 10.0 Å². The SMILES string of the molecule is Cc1ccsc1-c1cccc(NC(=O)Cc2ccccc2NS(C)(=O)=O)c1. The first kappa shape index (κ1) is 19.1. The van der Waals surface area contributed by atoms with Gasteiger partial charge in [-0.25, -0.2) is 8.42 Å². The Kier molecular flexibility index (Phi) is 5.62. The fourth-order valence-electron chi connectivity index (χ4n) is 2.76. The average molecular weight is 401 g/mol. The minimum Gasteiger partial charge on any atom is -0.326 e.